The molecule has 1 aliphatic heterocycles. The molecular formula is C12H16O5. The SMILES string of the molecule is O[C@@H]1[C@@H](O)COC(OCc2ccccc2)[C@@H]1O. The summed E-state index contributed by atoms with van der Waals surface area (Å²) in [5.74, 6) is 0. The topological polar surface area (TPSA) is 79.2 Å². The van der Waals surface area contributed by atoms with Gasteiger partial charge in [-0.05, 0) is 5.56 Å². The lowest BCUT2D eigenvalue weighted by molar-refractivity contribution is -0.273. The molecule has 0 aromatic heterocycles. The van der Waals surface area contributed by atoms with Crippen LogP contribution < -0.4 is 0 Å². The van der Waals surface area contributed by atoms with Crippen LogP contribution in [0.25, 0.3) is 0 Å². The second-order valence-electron chi connectivity index (χ2n) is 4.05. The summed E-state index contributed by atoms with van der Waals surface area (Å²) in [6.45, 7) is 0.239. The van der Waals surface area contributed by atoms with Crippen LogP contribution in [0.1, 0.15) is 5.56 Å². The van der Waals surface area contributed by atoms with Crippen molar-refractivity contribution in [3.8, 4) is 0 Å². The van der Waals surface area contributed by atoms with E-state index in [1.54, 1.807) is 0 Å². The lowest BCUT2D eigenvalue weighted by Crippen LogP contribution is -2.53. The average Bonchev–Trinajstić information content (AvgIpc) is 2.36. The summed E-state index contributed by atoms with van der Waals surface area (Å²) in [7, 11) is 0. The third-order valence-electron chi connectivity index (χ3n) is 2.71. The van der Waals surface area contributed by atoms with E-state index in [0.717, 1.165) is 5.56 Å². The van der Waals surface area contributed by atoms with Gasteiger partial charge >= 0.3 is 0 Å². The molecule has 0 radical (unpaired) electrons. The van der Waals surface area contributed by atoms with Crippen molar-refractivity contribution in [1.82, 2.24) is 0 Å². The van der Waals surface area contributed by atoms with Crippen molar-refractivity contribution in [2.75, 3.05) is 6.61 Å². The lowest BCUT2D eigenvalue weighted by Gasteiger charge is -2.34. The zero-order valence-electron chi connectivity index (χ0n) is 9.27. The molecule has 1 heterocycles. The van der Waals surface area contributed by atoms with Gasteiger partial charge < -0.3 is 24.8 Å². The highest BCUT2D eigenvalue weighted by Crippen LogP contribution is 2.17. The van der Waals surface area contributed by atoms with Crippen LogP contribution in [0.5, 0.6) is 0 Å². The summed E-state index contributed by atoms with van der Waals surface area (Å²) in [5.41, 5.74) is 0.948. The number of benzene rings is 1. The first-order chi connectivity index (χ1) is 8.18. The van der Waals surface area contributed by atoms with Crippen molar-refractivity contribution in [1.29, 1.82) is 0 Å². The zero-order valence-corrected chi connectivity index (χ0v) is 9.27. The minimum atomic E-state index is -1.23. The quantitative estimate of drug-likeness (QED) is 0.672. The maximum atomic E-state index is 9.63. The Labute approximate surface area is 99.2 Å². The van der Waals surface area contributed by atoms with E-state index >= 15 is 0 Å². The molecule has 17 heavy (non-hydrogen) atoms. The van der Waals surface area contributed by atoms with E-state index < -0.39 is 24.6 Å². The Kier molecular flexibility index (Phi) is 4.09. The summed E-state index contributed by atoms with van der Waals surface area (Å²) in [5, 5.41) is 28.3. The first kappa shape index (κ1) is 12.5. The van der Waals surface area contributed by atoms with Crippen LogP contribution >= 0.6 is 0 Å². The molecule has 1 aromatic rings. The highest BCUT2D eigenvalue weighted by molar-refractivity contribution is 5.13. The molecule has 4 atom stereocenters. The molecule has 1 saturated heterocycles. The predicted molar refractivity (Wildman–Crippen MR) is 59.0 cm³/mol. The van der Waals surface area contributed by atoms with Gasteiger partial charge in [0.05, 0.1) is 13.2 Å². The molecule has 0 saturated carbocycles. The number of rotatable bonds is 3. The predicted octanol–water partition coefficient (Wildman–Crippen LogP) is -0.358. The Bertz CT molecular complexity index is 342. The Morgan fingerprint density at radius 3 is 2.53 bits per heavy atom. The van der Waals surface area contributed by atoms with Crippen molar-refractivity contribution in [3.63, 3.8) is 0 Å². The Morgan fingerprint density at radius 2 is 1.82 bits per heavy atom. The van der Waals surface area contributed by atoms with Crippen LogP contribution in [0, 0.1) is 0 Å². The van der Waals surface area contributed by atoms with Gasteiger partial charge in [0.25, 0.3) is 0 Å². The molecule has 1 aliphatic rings. The molecule has 1 unspecified atom stereocenters. The van der Waals surface area contributed by atoms with Gasteiger partial charge in [0.1, 0.15) is 18.3 Å². The number of aliphatic hydroxyl groups is 3. The van der Waals surface area contributed by atoms with Gasteiger partial charge in [-0.1, -0.05) is 30.3 Å². The van der Waals surface area contributed by atoms with E-state index in [1.165, 1.54) is 0 Å². The summed E-state index contributed by atoms with van der Waals surface area (Å²) in [4.78, 5) is 0. The van der Waals surface area contributed by atoms with Gasteiger partial charge in [-0.3, -0.25) is 0 Å². The second-order valence-corrected chi connectivity index (χ2v) is 4.05. The fourth-order valence-corrected chi connectivity index (χ4v) is 1.68. The Morgan fingerprint density at radius 1 is 1.12 bits per heavy atom. The van der Waals surface area contributed by atoms with Crippen molar-refractivity contribution in [3.05, 3.63) is 35.9 Å². The average molecular weight is 240 g/mol. The molecule has 3 N–H and O–H groups in total. The van der Waals surface area contributed by atoms with Gasteiger partial charge in [0.2, 0.25) is 0 Å². The lowest BCUT2D eigenvalue weighted by atomic mass is 10.1. The van der Waals surface area contributed by atoms with Crippen LogP contribution in [0.2, 0.25) is 0 Å². The molecule has 94 valence electrons. The van der Waals surface area contributed by atoms with Crippen molar-refractivity contribution >= 4 is 0 Å². The van der Waals surface area contributed by atoms with Gasteiger partial charge in [0.15, 0.2) is 6.29 Å². The maximum Gasteiger partial charge on any atom is 0.186 e. The third-order valence-corrected chi connectivity index (χ3v) is 2.71. The van der Waals surface area contributed by atoms with E-state index in [0.29, 0.717) is 0 Å². The summed E-state index contributed by atoms with van der Waals surface area (Å²) >= 11 is 0. The second kappa shape index (κ2) is 5.57. The van der Waals surface area contributed by atoms with E-state index in [1.807, 2.05) is 30.3 Å². The van der Waals surface area contributed by atoms with Gasteiger partial charge in [-0.25, -0.2) is 0 Å². The Balaban J connectivity index is 1.87. The fourth-order valence-electron chi connectivity index (χ4n) is 1.68. The first-order valence-electron chi connectivity index (χ1n) is 5.50. The molecule has 5 heteroatoms. The van der Waals surface area contributed by atoms with Crippen LogP contribution in [0.3, 0.4) is 0 Å². The largest absolute Gasteiger partial charge is 0.388 e. The summed E-state index contributed by atoms with van der Waals surface area (Å²) in [6.07, 6.45) is -4.44. The highest BCUT2D eigenvalue weighted by atomic mass is 16.7. The normalized spacial score (nSPS) is 33.6. The molecule has 5 nitrogen and oxygen atoms in total. The third kappa shape index (κ3) is 3.02. The minimum Gasteiger partial charge on any atom is -0.388 e. The standard InChI is InChI=1S/C12H16O5/c13-9-7-17-12(11(15)10(9)14)16-6-8-4-2-1-3-5-8/h1-5,9-15H,6-7H2/t9-,10+,11+,12?/m0/s1. The van der Waals surface area contributed by atoms with Crippen LogP contribution in [0.15, 0.2) is 30.3 Å². The number of hydrogen-bond acceptors (Lipinski definition) is 5. The summed E-state index contributed by atoms with van der Waals surface area (Å²) in [6, 6.07) is 9.45. The summed E-state index contributed by atoms with van der Waals surface area (Å²) < 4.78 is 10.5. The maximum absolute atomic E-state index is 9.63. The highest BCUT2D eigenvalue weighted by Gasteiger charge is 2.38. The minimum absolute atomic E-state index is 0.0440. The van der Waals surface area contributed by atoms with Crippen LogP contribution in [-0.2, 0) is 16.1 Å². The van der Waals surface area contributed by atoms with E-state index in [2.05, 4.69) is 0 Å². The molecule has 0 amide bonds. The molecule has 2 rings (SSSR count). The fraction of sp³-hybridized carbons (Fsp3) is 0.500. The molecule has 1 aromatic carbocycles. The van der Waals surface area contributed by atoms with E-state index in [4.69, 9.17) is 9.47 Å². The van der Waals surface area contributed by atoms with E-state index in [-0.39, 0.29) is 13.2 Å². The molecular weight excluding hydrogens is 224 g/mol. The van der Waals surface area contributed by atoms with Crippen molar-refractivity contribution in [2.24, 2.45) is 0 Å². The van der Waals surface area contributed by atoms with Gasteiger partial charge in [-0.15, -0.1) is 0 Å². The number of hydrogen-bond donors (Lipinski definition) is 3. The van der Waals surface area contributed by atoms with E-state index in [9.17, 15) is 15.3 Å². The number of aliphatic hydroxyl groups excluding tert-OH is 3. The molecule has 0 spiro atoms. The number of ether oxygens (including phenoxy) is 2. The monoisotopic (exact) mass is 240 g/mol. The van der Waals surface area contributed by atoms with Gasteiger partial charge in [-0.2, -0.15) is 0 Å². The first-order valence-corrected chi connectivity index (χ1v) is 5.50. The molecule has 0 bridgehead atoms. The van der Waals surface area contributed by atoms with Crippen molar-refractivity contribution in [2.45, 2.75) is 31.2 Å². The molecule has 0 aliphatic carbocycles. The van der Waals surface area contributed by atoms with Gasteiger partial charge in [0, 0.05) is 0 Å². The zero-order chi connectivity index (χ0) is 12.3. The Hall–Kier alpha value is -0.980. The molecule has 1 fully saturated rings. The van der Waals surface area contributed by atoms with Crippen LogP contribution in [-0.4, -0.2) is 46.5 Å². The van der Waals surface area contributed by atoms with Crippen molar-refractivity contribution < 1.29 is 24.8 Å². The smallest absolute Gasteiger partial charge is 0.186 e. The van der Waals surface area contributed by atoms with Crippen LogP contribution in [0.4, 0.5) is 0 Å².